The Morgan fingerprint density at radius 1 is 0.914 bits per heavy atom. The van der Waals surface area contributed by atoms with Gasteiger partial charge in [0.1, 0.15) is 6.61 Å². The largest absolute Gasteiger partial charge is 0.493 e. The van der Waals surface area contributed by atoms with Gasteiger partial charge < -0.3 is 28.6 Å². The van der Waals surface area contributed by atoms with E-state index in [1.807, 2.05) is 42.6 Å². The van der Waals surface area contributed by atoms with Crippen molar-refractivity contribution < 1.29 is 28.5 Å². The lowest BCUT2D eigenvalue weighted by molar-refractivity contribution is -0.126. The first-order valence-electron chi connectivity index (χ1n) is 11.1. The highest BCUT2D eigenvalue weighted by atomic mass is 32.1. The highest BCUT2D eigenvalue weighted by molar-refractivity contribution is 7.09. The molecular weight excluding hydrogens is 466 g/mol. The number of carbonyl (C=O) groups excluding carboxylic acids is 1. The van der Waals surface area contributed by atoms with E-state index in [9.17, 15) is 4.79 Å². The molecule has 2 aromatic carbocycles. The first kappa shape index (κ1) is 26.0. The molecule has 0 aliphatic heterocycles. The van der Waals surface area contributed by atoms with E-state index < -0.39 is 0 Å². The van der Waals surface area contributed by atoms with Gasteiger partial charge in [-0.25, -0.2) is 0 Å². The number of methoxy groups -OCH3 is 4. The van der Waals surface area contributed by atoms with Crippen molar-refractivity contribution in [3.8, 4) is 28.7 Å². The summed E-state index contributed by atoms with van der Waals surface area (Å²) in [5.41, 5.74) is 1.71. The van der Waals surface area contributed by atoms with Gasteiger partial charge in [0.15, 0.2) is 23.0 Å². The summed E-state index contributed by atoms with van der Waals surface area (Å²) < 4.78 is 27.6. The molecule has 0 unspecified atom stereocenters. The van der Waals surface area contributed by atoms with E-state index in [1.165, 1.54) is 0 Å². The summed E-state index contributed by atoms with van der Waals surface area (Å²) in [5.74, 6) is 2.75. The van der Waals surface area contributed by atoms with Gasteiger partial charge in [0.05, 0.1) is 28.4 Å². The minimum atomic E-state index is -0.113. The lowest BCUT2D eigenvalue weighted by atomic mass is 10.1. The van der Waals surface area contributed by atoms with Gasteiger partial charge in [-0.15, -0.1) is 11.3 Å². The van der Waals surface area contributed by atoms with Crippen molar-refractivity contribution in [2.75, 3.05) is 35.0 Å². The van der Waals surface area contributed by atoms with Crippen molar-refractivity contribution in [1.82, 2.24) is 4.90 Å². The summed E-state index contributed by atoms with van der Waals surface area (Å²) in [6, 6.07) is 13.3. The van der Waals surface area contributed by atoms with Crippen LogP contribution in [-0.4, -0.2) is 45.8 Å². The van der Waals surface area contributed by atoms with Gasteiger partial charge in [-0.2, -0.15) is 0 Å². The van der Waals surface area contributed by atoms with Crippen LogP contribution in [0.15, 0.2) is 53.9 Å². The SMILES string of the molecule is CCN(Cc1ccc(OCc2cccs2)c(OC)c1)C(=O)/C=C/c1cc(OC)c(OC)c(OC)c1. The van der Waals surface area contributed by atoms with Crippen LogP contribution in [0.3, 0.4) is 0 Å². The van der Waals surface area contributed by atoms with Crippen LogP contribution in [-0.2, 0) is 17.9 Å². The Balaban J connectivity index is 1.70. The van der Waals surface area contributed by atoms with Crippen LogP contribution in [0.2, 0.25) is 0 Å². The third-order valence-corrected chi connectivity index (χ3v) is 6.20. The molecule has 1 aromatic heterocycles. The van der Waals surface area contributed by atoms with Gasteiger partial charge in [-0.05, 0) is 59.8 Å². The number of rotatable bonds is 12. The van der Waals surface area contributed by atoms with Crippen LogP contribution >= 0.6 is 11.3 Å². The van der Waals surface area contributed by atoms with E-state index in [2.05, 4.69) is 0 Å². The van der Waals surface area contributed by atoms with Crippen LogP contribution in [0.5, 0.6) is 28.7 Å². The Morgan fingerprint density at radius 2 is 1.63 bits per heavy atom. The summed E-state index contributed by atoms with van der Waals surface area (Å²) in [6.45, 7) is 3.42. The topological polar surface area (TPSA) is 66.5 Å². The van der Waals surface area contributed by atoms with E-state index in [1.54, 1.807) is 69.0 Å². The molecule has 0 N–H and O–H groups in total. The number of hydrogen-bond acceptors (Lipinski definition) is 7. The third-order valence-electron chi connectivity index (χ3n) is 5.35. The molecule has 0 bridgehead atoms. The van der Waals surface area contributed by atoms with Crippen molar-refractivity contribution >= 4 is 23.3 Å². The van der Waals surface area contributed by atoms with Crippen molar-refractivity contribution in [2.24, 2.45) is 0 Å². The molecule has 8 heteroatoms. The second-order valence-electron chi connectivity index (χ2n) is 7.50. The molecule has 1 amide bonds. The Labute approximate surface area is 210 Å². The molecule has 0 saturated heterocycles. The molecule has 0 radical (unpaired) electrons. The average molecular weight is 498 g/mol. The smallest absolute Gasteiger partial charge is 0.246 e. The van der Waals surface area contributed by atoms with E-state index in [0.717, 1.165) is 16.0 Å². The lowest BCUT2D eigenvalue weighted by Gasteiger charge is -2.20. The van der Waals surface area contributed by atoms with Gasteiger partial charge in [0.25, 0.3) is 0 Å². The van der Waals surface area contributed by atoms with Crippen LogP contribution in [0, 0.1) is 0 Å². The van der Waals surface area contributed by atoms with Crippen molar-refractivity contribution in [3.05, 3.63) is 69.9 Å². The number of nitrogens with zero attached hydrogens (tertiary/aromatic N) is 1. The first-order chi connectivity index (χ1) is 17.0. The molecule has 0 aliphatic carbocycles. The zero-order chi connectivity index (χ0) is 25.2. The molecule has 0 atom stereocenters. The second-order valence-corrected chi connectivity index (χ2v) is 8.53. The highest BCUT2D eigenvalue weighted by Gasteiger charge is 2.14. The van der Waals surface area contributed by atoms with Crippen LogP contribution in [0.4, 0.5) is 0 Å². The standard InChI is InChI=1S/C27H31NO6S/c1-6-28(26(29)12-10-19-14-24(31-3)27(33-5)25(15-19)32-4)17-20-9-11-22(23(16-20)30-2)34-18-21-8-7-13-35-21/h7-16H,6,17-18H2,1-5H3/b12-10+. The molecule has 35 heavy (non-hydrogen) atoms. The predicted molar refractivity (Wildman–Crippen MR) is 138 cm³/mol. The Kier molecular flexibility index (Phi) is 9.43. The van der Waals surface area contributed by atoms with E-state index in [4.69, 9.17) is 23.7 Å². The molecule has 186 valence electrons. The highest BCUT2D eigenvalue weighted by Crippen LogP contribution is 2.38. The quantitative estimate of drug-likeness (QED) is 0.311. The molecule has 0 spiro atoms. The summed E-state index contributed by atoms with van der Waals surface area (Å²) in [5, 5.41) is 2.02. The molecular formula is C27H31NO6S. The maximum absolute atomic E-state index is 12.9. The van der Waals surface area contributed by atoms with Crippen molar-refractivity contribution in [3.63, 3.8) is 0 Å². The number of carbonyl (C=O) groups is 1. The number of amides is 1. The maximum Gasteiger partial charge on any atom is 0.246 e. The van der Waals surface area contributed by atoms with E-state index in [-0.39, 0.29) is 5.91 Å². The van der Waals surface area contributed by atoms with Gasteiger partial charge in [-0.3, -0.25) is 4.79 Å². The normalized spacial score (nSPS) is 10.8. The number of likely N-dealkylation sites (N-methyl/N-ethyl adjacent to an activating group) is 1. The van der Waals surface area contributed by atoms with Gasteiger partial charge in [0.2, 0.25) is 11.7 Å². The number of hydrogen-bond donors (Lipinski definition) is 0. The fourth-order valence-corrected chi connectivity index (χ4v) is 4.13. The fraction of sp³-hybridized carbons (Fsp3) is 0.296. The summed E-state index contributed by atoms with van der Waals surface area (Å²) in [7, 11) is 6.28. The van der Waals surface area contributed by atoms with E-state index in [0.29, 0.717) is 48.4 Å². The lowest BCUT2D eigenvalue weighted by Crippen LogP contribution is -2.28. The summed E-state index contributed by atoms with van der Waals surface area (Å²) in [4.78, 5) is 15.8. The monoisotopic (exact) mass is 497 g/mol. The number of ether oxygens (including phenoxy) is 5. The third kappa shape index (κ3) is 6.70. The summed E-state index contributed by atoms with van der Waals surface area (Å²) in [6.07, 6.45) is 3.28. The van der Waals surface area contributed by atoms with Gasteiger partial charge >= 0.3 is 0 Å². The number of benzene rings is 2. The Morgan fingerprint density at radius 3 is 2.20 bits per heavy atom. The van der Waals surface area contributed by atoms with Crippen LogP contribution in [0.1, 0.15) is 22.9 Å². The van der Waals surface area contributed by atoms with Crippen molar-refractivity contribution in [1.29, 1.82) is 0 Å². The molecule has 1 heterocycles. The average Bonchev–Trinajstić information content (AvgIpc) is 3.42. The van der Waals surface area contributed by atoms with E-state index >= 15 is 0 Å². The van der Waals surface area contributed by atoms with Crippen LogP contribution < -0.4 is 23.7 Å². The Bertz CT molecular complexity index is 1120. The minimum absolute atomic E-state index is 0.113. The van der Waals surface area contributed by atoms with Crippen molar-refractivity contribution in [2.45, 2.75) is 20.1 Å². The predicted octanol–water partition coefficient (Wildman–Crippen LogP) is 5.42. The van der Waals surface area contributed by atoms with Gasteiger partial charge in [0, 0.05) is 24.0 Å². The zero-order valence-electron chi connectivity index (χ0n) is 20.7. The molecule has 7 nitrogen and oxygen atoms in total. The summed E-state index contributed by atoms with van der Waals surface area (Å²) >= 11 is 1.65. The molecule has 3 aromatic rings. The van der Waals surface area contributed by atoms with Gasteiger partial charge in [-0.1, -0.05) is 12.1 Å². The molecule has 0 aliphatic rings. The number of thiophene rings is 1. The molecule has 3 rings (SSSR count). The maximum atomic E-state index is 12.9. The first-order valence-corrected chi connectivity index (χ1v) is 12.0. The fourth-order valence-electron chi connectivity index (χ4n) is 3.51. The minimum Gasteiger partial charge on any atom is -0.493 e. The Hall–Kier alpha value is -3.65. The molecule has 0 fully saturated rings. The zero-order valence-corrected chi connectivity index (χ0v) is 21.5. The second kappa shape index (κ2) is 12.7. The molecule has 0 saturated carbocycles. The van der Waals surface area contributed by atoms with Crippen LogP contribution in [0.25, 0.3) is 6.08 Å².